The predicted molar refractivity (Wildman–Crippen MR) is 148 cm³/mol. The predicted octanol–water partition coefficient (Wildman–Crippen LogP) is 6.29. The number of aliphatic hydroxyl groups is 2. The van der Waals surface area contributed by atoms with Crippen LogP contribution in [0.25, 0.3) is 0 Å². The third-order valence-electron chi connectivity index (χ3n) is 12.5. The van der Waals surface area contributed by atoms with Crippen molar-refractivity contribution in [3.63, 3.8) is 0 Å². The van der Waals surface area contributed by atoms with Crippen LogP contribution >= 0.6 is 0 Å². The second-order valence-electron chi connectivity index (χ2n) is 15.4. The van der Waals surface area contributed by atoms with E-state index in [-0.39, 0.29) is 28.8 Å². The zero-order valence-electron chi connectivity index (χ0n) is 24.8. The minimum atomic E-state index is -1.57. The van der Waals surface area contributed by atoms with Crippen molar-refractivity contribution in [1.29, 1.82) is 5.26 Å². The van der Waals surface area contributed by atoms with Crippen molar-refractivity contribution in [2.45, 2.75) is 119 Å². The second kappa shape index (κ2) is 8.43. The largest absolute Gasteiger partial charge is 0.511 e. The molecule has 4 aliphatic carbocycles. The highest BCUT2D eigenvalue weighted by molar-refractivity contribution is 6.00. The number of carbonyl (C=O) groups is 2. The van der Waals surface area contributed by atoms with Gasteiger partial charge >= 0.3 is 0 Å². The minimum Gasteiger partial charge on any atom is -0.511 e. The average Bonchev–Trinajstić information content (AvgIpc) is 2.83. The molecule has 0 aromatic heterocycles. The van der Waals surface area contributed by atoms with Crippen LogP contribution in [-0.4, -0.2) is 27.5 Å². The number of carbonyl (C=O) groups excluding carboxylic acids is 2. The number of nitrogens with two attached hydrogens (primary N) is 1. The first-order chi connectivity index (χ1) is 17.2. The lowest BCUT2D eigenvalue weighted by molar-refractivity contribution is -0.186. The summed E-state index contributed by atoms with van der Waals surface area (Å²) < 4.78 is 0. The molecular weight excluding hydrogens is 476 g/mol. The zero-order valence-corrected chi connectivity index (χ0v) is 24.8. The number of amides is 1. The molecule has 4 N–H and O–H groups in total. The van der Waals surface area contributed by atoms with Gasteiger partial charge in [-0.25, -0.2) is 0 Å². The summed E-state index contributed by atoms with van der Waals surface area (Å²) in [5, 5.41) is 33.4. The lowest BCUT2D eigenvalue weighted by atomic mass is 9.37. The minimum absolute atomic E-state index is 0.0448. The van der Waals surface area contributed by atoms with Gasteiger partial charge in [-0.1, -0.05) is 61.0 Å². The van der Waals surface area contributed by atoms with Crippen LogP contribution in [0.4, 0.5) is 0 Å². The maximum atomic E-state index is 14.2. The molecule has 6 atom stereocenters. The molecule has 0 spiro atoms. The van der Waals surface area contributed by atoms with E-state index in [1.165, 1.54) is 0 Å². The zero-order chi connectivity index (χ0) is 28.7. The third-order valence-corrected chi connectivity index (χ3v) is 12.5. The summed E-state index contributed by atoms with van der Waals surface area (Å²) in [6, 6.07) is 2.24. The lowest BCUT2D eigenvalue weighted by Gasteiger charge is -2.67. The lowest BCUT2D eigenvalue weighted by Crippen LogP contribution is -2.67. The molecule has 0 aromatic carbocycles. The molecule has 0 bridgehead atoms. The molecule has 1 amide bonds. The van der Waals surface area contributed by atoms with Crippen LogP contribution in [0.5, 0.6) is 0 Å². The van der Waals surface area contributed by atoms with Gasteiger partial charge in [0.05, 0.1) is 11.6 Å². The number of aliphatic hydroxyl groups excluding tert-OH is 1. The molecule has 4 aliphatic rings. The van der Waals surface area contributed by atoms with Crippen LogP contribution in [0.2, 0.25) is 0 Å². The fraction of sp³-hybridized carbons (Fsp3) is 0.781. The molecule has 2 fully saturated rings. The Hall–Kier alpha value is -2.13. The SMILES string of the molecule is CC1(C)CC[C@](C)(C(N)=O)CC[C@]2(C)[C@@](O)(CC1)C(=O)C=C1[C@@]3(C)CC(C#N)=C(O)C(C)(C)[C@@H]3CC[C@]12C. The number of nitrogens with zero attached hydrogens (tertiary/aromatic N) is 1. The molecule has 4 rings (SSSR count). The van der Waals surface area contributed by atoms with Gasteiger partial charge in [0.1, 0.15) is 11.4 Å². The monoisotopic (exact) mass is 524 g/mol. The van der Waals surface area contributed by atoms with Gasteiger partial charge in [0, 0.05) is 16.2 Å². The third kappa shape index (κ3) is 3.67. The van der Waals surface area contributed by atoms with Crippen LogP contribution in [0, 0.1) is 49.7 Å². The number of primary amides is 1. The van der Waals surface area contributed by atoms with Gasteiger partial charge in [-0.05, 0) is 86.0 Å². The van der Waals surface area contributed by atoms with Crippen molar-refractivity contribution in [2.75, 3.05) is 0 Å². The first-order valence-corrected chi connectivity index (χ1v) is 14.4. The van der Waals surface area contributed by atoms with Gasteiger partial charge in [0.2, 0.25) is 5.91 Å². The van der Waals surface area contributed by atoms with Crippen molar-refractivity contribution >= 4 is 11.7 Å². The van der Waals surface area contributed by atoms with E-state index in [0.29, 0.717) is 44.1 Å². The van der Waals surface area contributed by atoms with E-state index in [1.807, 2.05) is 20.8 Å². The summed E-state index contributed by atoms with van der Waals surface area (Å²) in [6.45, 7) is 16.6. The Bertz CT molecular complexity index is 1170. The molecule has 0 aromatic rings. The Balaban J connectivity index is 1.93. The van der Waals surface area contributed by atoms with E-state index in [4.69, 9.17) is 5.73 Å². The molecule has 6 nitrogen and oxygen atoms in total. The van der Waals surface area contributed by atoms with Gasteiger partial charge in [0.25, 0.3) is 0 Å². The van der Waals surface area contributed by atoms with Crippen LogP contribution < -0.4 is 5.73 Å². The number of hydrogen-bond acceptors (Lipinski definition) is 5. The maximum Gasteiger partial charge on any atom is 0.223 e. The highest BCUT2D eigenvalue weighted by Crippen LogP contribution is 2.72. The quantitative estimate of drug-likeness (QED) is 0.372. The first kappa shape index (κ1) is 28.9. The summed E-state index contributed by atoms with van der Waals surface area (Å²) in [5.41, 5.74) is 2.40. The van der Waals surface area contributed by atoms with Crippen LogP contribution in [0.3, 0.4) is 0 Å². The van der Waals surface area contributed by atoms with E-state index in [9.17, 15) is 25.1 Å². The van der Waals surface area contributed by atoms with Gasteiger partial charge in [0.15, 0.2) is 5.78 Å². The van der Waals surface area contributed by atoms with E-state index < -0.39 is 32.7 Å². The van der Waals surface area contributed by atoms with E-state index in [1.54, 1.807) is 6.08 Å². The number of rotatable bonds is 1. The first-order valence-electron chi connectivity index (χ1n) is 14.4. The van der Waals surface area contributed by atoms with Crippen LogP contribution in [-0.2, 0) is 9.59 Å². The molecule has 38 heavy (non-hydrogen) atoms. The summed E-state index contributed by atoms with van der Waals surface area (Å²) in [5.74, 6) is -0.382. The molecule has 0 saturated heterocycles. The molecular formula is C32H48N2O4. The molecule has 0 aliphatic heterocycles. The van der Waals surface area contributed by atoms with Gasteiger partial charge < -0.3 is 15.9 Å². The summed E-state index contributed by atoms with van der Waals surface area (Å²) in [4.78, 5) is 26.9. The summed E-state index contributed by atoms with van der Waals surface area (Å²) in [7, 11) is 0. The Labute approximate surface area is 228 Å². The Morgan fingerprint density at radius 2 is 1.55 bits per heavy atom. The smallest absolute Gasteiger partial charge is 0.223 e. The van der Waals surface area contributed by atoms with Gasteiger partial charge in [-0.3, -0.25) is 9.59 Å². The van der Waals surface area contributed by atoms with Gasteiger partial charge in [-0.15, -0.1) is 0 Å². The molecule has 2 saturated carbocycles. The molecule has 6 heteroatoms. The van der Waals surface area contributed by atoms with E-state index in [0.717, 1.165) is 24.8 Å². The molecule has 210 valence electrons. The maximum absolute atomic E-state index is 14.2. The van der Waals surface area contributed by atoms with Crippen molar-refractivity contribution in [3.05, 3.63) is 23.0 Å². The molecule has 0 unspecified atom stereocenters. The Kier molecular flexibility index (Phi) is 6.41. The molecule has 0 radical (unpaired) electrons. The van der Waals surface area contributed by atoms with Crippen LogP contribution in [0.1, 0.15) is 113 Å². The Morgan fingerprint density at radius 3 is 2.13 bits per heavy atom. The average molecular weight is 525 g/mol. The van der Waals surface area contributed by atoms with Crippen molar-refractivity contribution < 1.29 is 19.8 Å². The summed E-state index contributed by atoms with van der Waals surface area (Å²) >= 11 is 0. The normalized spacial score (nSPS) is 44.6. The highest BCUT2D eigenvalue weighted by atomic mass is 16.3. The Morgan fingerprint density at radius 1 is 0.974 bits per heavy atom. The fourth-order valence-electron chi connectivity index (χ4n) is 9.09. The number of nitriles is 1. The van der Waals surface area contributed by atoms with Crippen molar-refractivity contribution in [3.8, 4) is 6.07 Å². The van der Waals surface area contributed by atoms with Crippen molar-refractivity contribution in [1.82, 2.24) is 0 Å². The topological polar surface area (TPSA) is 124 Å². The standard InChI is InChI=1S/C32H48N2O4/c1-26(2)11-13-28(5,25(34)37)14-15-31(8)30(7)10-9-21-27(3,4)24(36)20(19-33)18-29(21,6)22(30)17-23(35)32(31,38)16-12-26/h17,21,36,38H,9-16,18H2,1-8H3,(H2,34,37)/t21-,28-,29-,30+,31-,32+/m0/s1. The van der Waals surface area contributed by atoms with E-state index in [2.05, 4.69) is 40.7 Å². The number of hydrogen-bond donors (Lipinski definition) is 3. The number of allylic oxidation sites excluding steroid dienone is 3. The number of ketones is 1. The second-order valence-corrected chi connectivity index (χ2v) is 15.4. The number of fused-ring (bicyclic) bond motifs is 5. The van der Waals surface area contributed by atoms with Crippen LogP contribution in [0.15, 0.2) is 23.0 Å². The summed E-state index contributed by atoms with van der Waals surface area (Å²) in [6.07, 6.45) is 7.17. The fourth-order valence-corrected chi connectivity index (χ4v) is 9.09. The molecule has 0 heterocycles. The highest BCUT2D eigenvalue weighted by Gasteiger charge is 2.69. The van der Waals surface area contributed by atoms with Gasteiger partial charge in [-0.2, -0.15) is 5.26 Å². The van der Waals surface area contributed by atoms with Crippen molar-refractivity contribution in [2.24, 2.45) is 44.1 Å². The van der Waals surface area contributed by atoms with E-state index >= 15 is 0 Å².